The Morgan fingerprint density at radius 3 is 2.85 bits per heavy atom. The Morgan fingerprint density at radius 2 is 2.10 bits per heavy atom. The van der Waals surface area contributed by atoms with Gasteiger partial charge in [0.25, 0.3) is 5.91 Å². The van der Waals surface area contributed by atoms with Crippen molar-refractivity contribution >= 4 is 32.7 Å². The Kier molecular flexibility index (Phi) is 3.36. The summed E-state index contributed by atoms with van der Waals surface area (Å²) in [7, 11) is 0. The number of H-pyrrole nitrogens is 1. The Hall–Kier alpha value is -2.01. The topological polar surface area (TPSA) is 58.0 Å². The van der Waals surface area contributed by atoms with Gasteiger partial charge in [0.15, 0.2) is 10.4 Å². The van der Waals surface area contributed by atoms with Crippen LogP contribution in [0.1, 0.15) is 21.8 Å². The van der Waals surface area contributed by atoms with Gasteiger partial charge in [-0.3, -0.25) is 4.79 Å². The van der Waals surface area contributed by atoms with Crippen LogP contribution < -0.4 is 5.32 Å². The summed E-state index contributed by atoms with van der Waals surface area (Å²) in [6.07, 6.45) is 0. The number of para-hydroxylation sites is 1. The Bertz CT molecular complexity index is 773. The molecule has 0 unspecified atom stereocenters. The quantitative estimate of drug-likeness (QED) is 0.767. The van der Waals surface area contributed by atoms with Crippen LogP contribution in [0.25, 0.3) is 10.9 Å². The summed E-state index contributed by atoms with van der Waals surface area (Å²) in [5.41, 5.74) is 3.24. The SMILES string of the molecule is Cc1[nH]c2ccccc2c1CNC(=O)c1ccc(Br)o1. The van der Waals surface area contributed by atoms with E-state index in [4.69, 9.17) is 4.42 Å². The molecular weight excluding hydrogens is 320 g/mol. The number of carbonyl (C=O) groups excluding carboxylic acids is 1. The van der Waals surface area contributed by atoms with Crippen LogP contribution in [0, 0.1) is 6.92 Å². The van der Waals surface area contributed by atoms with Gasteiger partial charge in [-0.05, 0) is 46.6 Å². The first-order valence-corrected chi connectivity index (χ1v) is 7.04. The van der Waals surface area contributed by atoms with E-state index >= 15 is 0 Å². The Balaban J connectivity index is 1.80. The third-order valence-corrected chi connectivity index (χ3v) is 3.68. The second kappa shape index (κ2) is 5.17. The van der Waals surface area contributed by atoms with E-state index in [0.717, 1.165) is 22.2 Å². The van der Waals surface area contributed by atoms with Crippen LogP contribution >= 0.6 is 15.9 Å². The molecule has 0 saturated carbocycles. The molecular formula is C15H13BrN2O2. The second-order valence-corrected chi connectivity index (χ2v) is 5.34. The number of halogens is 1. The minimum absolute atomic E-state index is 0.222. The first-order valence-electron chi connectivity index (χ1n) is 6.25. The lowest BCUT2D eigenvalue weighted by molar-refractivity contribution is 0.0922. The molecule has 2 heterocycles. The van der Waals surface area contributed by atoms with Crippen LogP contribution in [0.3, 0.4) is 0 Å². The number of nitrogens with one attached hydrogen (secondary N) is 2. The maximum absolute atomic E-state index is 12.0. The number of carbonyl (C=O) groups is 1. The van der Waals surface area contributed by atoms with Gasteiger partial charge in [-0.25, -0.2) is 0 Å². The number of aryl methyl sites for hydroxylation is 1. The summed E-state index contributed by atoms with van der Waals surface area (Å²) < 4.78 is 5.78. The molecule has 2 N–H and O–H groups in total. The maximum atomic E-state index is 12.0. The molecule has 0 aliphatic carbocycles. The van der Waals surface area contributed by atoms with Gasteiger partial charge in [0.05, 0.1) is 0 Å². The summed E-state index contributed by atoms with van der Waals surface area (Å²) in [5, 5.41) is 4.00. The van der Waals surface area contributed by atoms with E-state index in [-0.39, 0.29) is 5.91 Å². The van der Waals surface area contributed by atoms with E-state index in [0.29, 0.717) is 17.0 Å². The molecule has 102 valence electrons. The predicted octanol–water partition coefficient (Wildman–Crippen LogP) is 3.76. The van der Waals surface area contributed by atoms with Crippen LogP contribution in [0.15, 0.2) is 45.5 Å². The number of aromatic nitrogens is 1. The number of benzene rings is 1. The van der Waals surface area contributed by atoms with E-state index in [1.807, 2.05) is 31.2 Å². The molecule has 1 amide bonds. The largest absolute Gasteiger partial charge is 0.444 e. The van der Waals surface area contributed by atoms with Gasteiger partial charge < -0.3 is 14.7 Å². The molecule has 0 fully saturated rings. The summed E-state index contributed by atoms with van der Waals surface area (Å²) >= 11 is 3.18. The molecule has 0 aliphatic heterocycles. The number of rotatable bonds is 3. The zero-order valence-electron chi connectivity index (χ0n) is 10.9. The van der Waals surface area contributed by atoms with Crippen LogP contribution in [0.2, 0.25) is 0 Å². The van der Waals surface area contributed by atoms with Gasteiger partial charge >= 0.3 is 0 Å². The van der Waals surface area contributed by atoms with Crippen LogP contribution in [-0.4, -0.2) is 10.9 Å². The van der Waals surface area contributed by atoms with Gasteiger partial charge in [0.1, 0.15) is 0 Å². The maximum Gasteiger partial charge on any atom is 0.287 e. The molecule has 5 heteroatoms. The molecule has 1 aromatic carbocycles. The van der Waals surface area contributed by atoms with Crippen molar-refractivity contribution in [2.75, 3.05) is 0 Å². The zero-order chi connectivity index (χ0) is 14.1. The van der Waals surface area contributed by atoms with Crippen molar-refractivity contribution in [1.29, 1.82) is 0 Å². The predicted molar refractivity (Wildman–Crippen MR) is 80.6 cm³/mol. The number of furan rings is 1. The highest BCUT2D eigenvalue weighted by atomic mass is 79.9. The summed E-state index contributed by atoms with van der Waals surface area (Å²) in [6.45, 7) is 2.47. The lowest BCUT2D eigenvalue weighted by Crippen LogP contribution is -2.22. The lowest BCUT2D eigenvalue weighted by Gasteiger charge is -2.03. The molecule has 2 aromatic heterocycles. The Morgan fingerprint density at radius 1 is 1.30 bits per heavy atom. The first-order chi connectivity index (χ1) is 9.65. The molecule has 3 rings (SSSR count). The van der Waals surface area contributed by atoms with E-state index < -0.39 is 0 Å². The number of aromatic amines is 1. The van der Waals surface area contributed by atoms with Crippen molar-refractivity contribution in [3.8, 4) is 0 Å². The van der Waals surface area contributed by atoms with Crippen LogP contribution in [0.5, 0.6) is 0 Å². The number of hydrogen-bond donors (Lipinski definition) is 2. The van der Waals surface area contributed by atoms with E-state index in [1.54, 1.807) is 12.1 Å². The molecule has 0 atom stereocenters. The standard InChI is InChI=1S/C15H13BrN2O2/c1-9-11(10-4-2-3-5-12(10)18-9)8-17-15(19)13-6-7-14(16)20-13/h2-7,18H,8H2,1H3,(H,17,19). The summed E-state index contributed by atoms with van der Waals surface area (Å²) in [4.78, 5) is 15.3. The van der Waals surface area contributed by atoms with Crippen molar-refractivity contribution in [1.82, 2.24) is 10.3 Å². The minimum Gasteiger partial charge on any atom is -0.444 e. The van der Waals surface area contributed by atoms with Crippen molar-refractivity contribution < 1.29 is 9.21 Å². The fraction of sp³-hybridized carbons (Fsp3) is 0.133. The van der Waals surface area contributed by atoms with Gasteiger partial charge in [-0.2, -0.15) is 0 Å². The highest BCUT2D eigenvalue weighted by Gasteiger charge is 2.12. The average molecular weight is 333 g/mol. The number of amides is 1. The van der Waals surface area contributed by atoms with Crippen LogP contribution in [-0.2, 0) is 6.54 Å². The van der Waals surface area contributed by atoms with Crippen molar-refractivity contribution in [3.05, 3.63) is 58.1 Å². The molecule has 0 saturated heterocycles. The molecule has 0 spiro atoms. The summed E-state index contributed by atoms with van der Waals surface area (Å²) in [6, 6.07) is 11.4. The fourth-order valence-corrected chi connectivity index (χ4v) is 2.56. The van der Waals surface area contributed by atoms with Gasteiger partial charge in [0, 0.05) is 23.1 Å². The average Bonchev–Trinajstić information content (AvgIpc) is 2.99. The summed E-state index contributed by atoms with van der Waals surface area (Å²) in [5.74, 6) is 0.0785. The fourth-order valence-electron chi connectivity index (χ4n) is 2.25. The third-order valence-electron chi connectivity index (χ3n) is 3.25. The molecule has 0 bridgehead atoms. The molecule has 0 aliphatic rings. The highest BCUT2D eigenvalue weighted by molar-refractivity contribution is 9.10. The smallest absolute Gasteiger partial charge is 0.287 e. The lowest BCUT2D eigenvalue weighted by atomic mass is 10.1. The monoisotopic (exact) mass is 332 g/mol. The van der Waals surface area contributed by atoms with Crippen molar-refractivity contribution in [2.45, 2.75) is 13.5 Å². The van der Waals surface area contributed by atoms with Crippen molar-refractivity contribution in [2.24, 2.45) is 0 Å². The molecule has 4 nitrogen and oxygen atoms in total. The third kappa shape index (κ3) is 2.36. The van der Waals surface area contributed by atoms with Gasteiger partial charge in [0.2, 0.25) is 0 Å². The minimum atomic E-state index is -0.222. The first kappa shape index (κ1) is 13.0. The highest BCUT2D eigenvalue weighted by Crippen LogP contribution is 2.21. The number of hydrogen-bond acceptors (Lipinski definition) is 2. The zero-order valence-corrected chi connectivity index (χ0v) is 12.5. The Labute approximate surface area is 124 Å². The van der Waals surface area contributed by atoms with Crippen LogP contribution in [0.4, 0.5) is 0 Å². The second-order valence-electron chi connectivity index (χ2n) is 4.56. The molecule has 0 radical (unpaired) electrons. The van der Waals surface area contributed by atoms with E-state index in [2.05, 4.69) is 26.2 Å². The van der Waals surface area contributed by atoms with E-state index in [1.165, 1.54) is 0 Å². The normalized spacial score (nSPS) is 10.9. The van der Waals surface area contributed by atoms with Gasteiger partial charge in [-0.15, -0.1) is 0 Å². The van der Waals surface area contributed by atoms with Gasteiger partial charge in [-0.1, -0.05) is 18.2 Å². The van der Waals surface area contributed by atoms with Crippen molar-refractivity contribution in [3.63, 3.8) is 0 Å². The molecule has 20 heavy (non-hydrogen) atoms. The van der Waals surface area contributed by atoms with E-state index in [9.17, 15) is 4.79 Å². The number of fused-ring (bicyclic) bond motifs is 1. The molecule has 3 aromatic rings.